The Morgan fingerprint density at radius 3 is 2.21 bits per heavy atom. The molecule has 0 saturated heterocycles. The molecule has 0 radical (unpaired) electrons. The first-order chi connectivity index (χ1) is 6.56. The van der Waals surface area contributed by atoms with Crippen LogP contribution >= 0.6 is 0 Å². The highest BCUT2D eigenvalue weighted by molar-refractivity contribution is 6.28. The Bertz CT molecular complexity index is 223. The largest absolute Gasteiger partial charge is 0.309 e. The molecule has 80 valence electrons. The van der Waals surface area contributed by atoms with E-state index in [9.17, 15) is 4.79 Å². The van der Waals surface area contributed by atoms with Crippen LogP contribution < -0.4 is 0 Å². The van der Waals surface area contributed by atoms with Crippen LogP contribution in [0.2, 0.25) is 0 Å². The summed E-state index contributed by atoms with van der Waals surface area (Å²) in [6, 6.07) is 0. The molecule has 2 atom stereocenters. The Morgan fingerprint density at radius 2 is 1.86 bits per heavy atom. The molecule has 0 aromatic heterocycles. The van der Waals surface area contributed by atoms with Gasteiger partial charge in [0.2, 0.25) is 0 Å². The van der Waals surface area contributed by atoms with Gasteiger partial charge < -0.3 is 10.8 Å². The van der Waals surface area contributed by atoms with Crippen molar-refractivity contribution in [3.05, 3.63) is 0 Å². The zero-order valence-corrected chi connectivity index (χ0v) is 9.26. The van der Waals surface area contributed by atoms with Crippen LogP contribution in [-0.2, 0) is 4.79 Å². The minimum absolute atomic E-state index is 0.0611. The molecule has 0 rings (SSSR count). The van der Waals surface area contributed by atoms with Crippen molar-refractivity contribution in [2.45, 2.75) is 40.0 Å². The van der Waals surface area contributed by atoms with Gasteiger partial charge in [-0.1, -0.05) is 20.8 Å². The Hall–Kier alpha value is -0.990. The third kappa shape index (κ3) is 3.81. The number of carbonyl (C=O) groups is 1. The first-order valence-corrected chi connectivity index (χ1v) is 5.17. The smallest absolute Gasteiger partial charge is 0.163 e. The van der Waals surface area contributed by atoms with Crippen LogP contribution in [0, 0.1) is 22.7 Å². The number of hydrogen-bond donors (Lipinski definition) is 2. The van der Waals surface area contributed by atoms with Gasteiger partial charge in [-0.05, 0) is 25.2 Å². The van der Waals surface area contributed by atoms with Crippen molar-refractivity contribution < 1.29 is 4.79 Å². The molecule has 0 aliphatic rings. The molecule has 0 amide bonds. The summed E-state index contributed by atoms with van der Waals surface area (Å²) in [5.41, 5.74) is 0.784. The van der Waals surface area contributed by atoms with Gasteiger partial charge >= 0.3 is 0 Å². The maximum Gasteiger partial charge on any atom is 0.163 e. The summed E-state index contributed by atoms with van der Waals surface area (Å²) in [6.07, 6.45) is 2.86. The maximum atomic E-state index is 10.4. The minimum atomic E-state index is -0.0611. The van der Waals surface area contributed by atoms with Crippen molar-refractivity contribution in [3.8, 4) is 0 Å². The fourth-order valence-corrected chi connectivity index (χ4v) is 1.28. The first kappa shape index (κ1) is 13.0. The maximum absolute atomic E-state index is 10.4. The lowest BCUT2D eigenvalue weighted by atomic mass is 9.89. The average Bonchev–Trinajstić information content (AvgIpc) is 2.22. The van der Waals surface area contributed by atoms with Crippen LogP contribution in [0.15, 0.2) is 0 Å². The summed E-state index contributed by atoms with van der Waals surface area (Å²) in [6.45, 7) is 6.01. The first-order valence-electron chi connectivity index (χ1n) is 5.17. The molecule has 0 fully saturated rings. The molecule has 0 heterocycles. The third-order valence-corrected chi connectivity index (χ3v) is 2.73. The highest BCUT2D eigenvalue weighted by Gasteiger charge is 2.16. The second-order valence-electron chi connectivity index (χ2n) is 3.72. The lowest BCUT2D eigenvalue weighted by Gasteiger charge is -2.16. The predicted molar refractivity (Wildman–Crippen MR) is 59.4 cm³/mol. The van der Waals surface area contributed by atoms with Gasteiger partial charge in [0, 0.05) is 11.6 Å². The molecule has 3 nitrogen and oxygen atoms in total. The van der Waals surface area contributed by atoms with E-state index in [1.54, 1.807) is 0 Å². The van der Waals surface area contributed by atoms with Gasteiger partial charge in [-0.3, -0.25) is 4.79 Å². The van der Waals surface area contributed by atoms with E-state index in [2.05, 4.69) is 0 Å². The van der Waals surface area contributed by atoms with Crippen LogP contribution in [0.1, 0.15) is 40.0 Å². The molecule has 0 aliphatic heterocycles. The van der Waals surface area contributed by atoms with Crippen molar-refractivity contribution in [1.82, 2.24) is 0 Å². The summed E-state index contributed by atoms with van der Waals surface area (Å²) >= 11 is 0. The predicted octanol–water partition coefficient (Wildman–Crippen LogP) is 2.69. The van der Waals surface area contributed by atoms with Gasteiger partial charge in [-0.15, -0.1) is 0 Å². The van der Waals surface area contributed by atoms with E-state index in [-0.39, 0.29) is 17.5 Å². The lowest BCUT2D eigenvalue weighted by Crippen LogP contribution is -2.21. The fraction of sp³-hybridized carbons (Fsp3) is 0.727. The number of rotatable bonds is 7. The summed E-state index contributed by atoms with van der Waals surface area (Å²) in [5, 5.41) is 15.2. The molecule has 0 unspecified atom stereocenters. The molecule has 2 N–H and O–H groups in total. The van der Waals surface area contributed by atoms with E-state index in [1.165, 1.54) is 0 Å². The summed E-state index contributed by atoms with van der Waals surface area (Å²) in [4.78, 5) is 10.4. The Balaban J connectivity index is 4.25. The molecule has 0 aliphatic carbocycles. The molecular weight excluding hydrogens is 176 g/mol. The fourth-order valence-electron chi connectivity index (χ4n) is 1.28. The number of aldehydes is 1. The second-order valence-corrected chi connectivity index (χ2v) is 3.72. The van der Waals surface area contributed by atoms with Gasteiger partial charge in [0.1, 0.15) is 0 Å². The topological polar surface area (TPSA) is 64.8 Å². The van der Waals surface area contributed by atoms with Crippen LogP contribution in [0.3, 0.4) is 0 Å². The monoisotopic (exact) mass is 196 g/mol. The van der Waals surface area contributed by atoms with Gasteiger partial charge in [0.15, 0.2) is 6.29 Å². The molecule has 0 bridgehead atoms. The highest BCUT2D eigenvalue weighted by atomic mass is 16.1. The molecule has 0 aromatic rings. The SMILES string of the molecule is CC[C@@H](CC(=N)[C@H](C)CC)C(=N)C=O. The Kier molecular flexibility index (Phi) is 6.00. The van der Waals surface area contributed by atoms with E-state index >= 15 is 0 Å². The van der Waals surface area contributed by atoms with Crippen LogP contribution in [0.25, 0.3) is 0 Å². The number of nitrogens with one attached hydrogen (secondary N) is 2. The Labute approximate surface area is 85.9 Å². The van der Waals surface area contributed by atoms with Crippen LogP contribution in [-0.4, -0.2) is 17.7 Å². The van der Waals surface area contributed by atoms with Crippen LogP contribution in [0.4, 0.5) is 0 Å². The van der Waals surface area contributed by atoms with E-state index in [0.717, 1.165) is 12.8 Å². The summed E-state index contributed by atoms with van der Waals surface area (Å²) in [5.74, 6) is 0.206. The molecule has 14 heavy (non-hydrogen) atoms. The van der Waals surface area contributed by atoms with E-state index in [4.69, 9.17) is 10.8 Å². The second kappa shape index (κ2) is 6.46. The summed E-state index contributed by atoms with van der Waals surface area (Å²) in [7, 11) is 0. The van der Waals surface area contributed by atoms with Gasteiger partial charge in [-0.2, -0.15) is 0 Å². The Morgan fingerprint density at radius 1 is 1.29 bits per heavy atom. The lowest BCUT2D eigenvalue weighted by molar-refractivity contribution is -0.103. The van der Waals surface area contributed by atoms with E-state index in [0.29, 0.717) is 18.4 Å². The van der Waals surface area contributed by atoms with Crippen molar-refractivity contribution in [2.75, 3.05) is 0 Å². The van der Waals surface area contributed by atoms with Crippen LogP contribution in [0.5, 0.6) is 0 Å². The van der Waals surface area contributed by atoms with Gasteiger partial charge in [0.25, 0.3) is 0 Å². The van der Waals surface area contributed by atoms with E-state index < -0.39 is 0 Å². The standard InChI is InChI=1S/C11H20N2O/c1-4-8(3)10(12)6-9(5-2)11(13)7-14/h7-9,12-13H,4-6H2,1-3H3/t8-,9+/m1/s1. The van der Waals surface area contributed by atoms with Crippen molar-refractivity contribution in [2.24, 2.45) is 11.8 Å². The molecule has 3 heteroatoms. The summed E-state index contributed by atoms with van der Waals surface area (Å²) < 4.78 is 0. The number of hydrogen-bond acceptors (Lipinski definition) is 3. The number of carbonyl (C=O) groups excluding carboxylic acids is 1. The third-order valence-electron chi connectivity index (χ3n) is 2.73. The molecule has 0 saturated carbocycles. The van der Waals surface area contributed by atoms with Crippen molar-refractivity contribution >= 4 is 17.7 Å². The zero-order valence-electron chi connectivity index (χ0n) is 9.26. The molecule has 0 aromatic carbocycles. The highest BCUT2D eigenvalue weighted by Crippen LogP contribution is 2.15. The van der Waals surface area contributed by atoms with Crippen molar-refractivity contribution in [3.63, 3.8) is 0 Å². The molecule has 0 spiro atoms. The quantitative estimate of drug-likeness (QED) is 0.477. The van der Waals surface area contributed by atoms with Gasteiger partial charge in [-0.25, -0.2) is 0 Å². The average molecular weight is 196 g/mol. The molecular formula is C11H20N2O. The van der Waals surface area contributed by atoms with Crippen molar-refractivity contribution in [1.29, 1.82) is 10.8 Å². The van der Waals surface area contributed by atoms with E-state index in [1.807, 2.05) is 20.8 Å². The van der Waals surface area contributed by atoms with Gasteiger partial charge in [0.05, 0.1) is 5.71 Å². The zero-order chi connectivity index (χ0) is 11.1. The normalized spacial score (nSPS) is 14.5. The minimum Gasteiger partial charge on any atom is -0.309 e.